The highest BCUT2D eigenvalue weighted by Crippen LogP contribution is 2.40. The van der Waals surface area contributed by atoms with Gasteiger partial charge in [-0.3, -0.25) is 0 Å². The Balaban J connectivity index is 1.66. The van der Waals surface area contributed by atoms with Crippen LogP contribution in [0.25, 0.3) is 5.57 Å². The summed E-state index contributed by atoms with van der Waals surface area (Å²) in [5.41, 5.74) is 0.284. The van der Waals surface area contributed by atoms with Crippen LogP contribution < -0.4 is 20.2 Å². The molecule has 188 valence electrons. The molecule has 0 saturated carbocycles. The van der Waals surface area contributed by atoms with Crippen LogP contribution in [0.3, 0.4) is 0 Å². The highest BCUT2D eigenvalue weighted by molar-refractivity contribution is 7.17. The molecular weight excluding hydrogens is 497 g/mol. The van der Waals surface area contributed by atoms with Gasteiger partial charge in [-0.25, -0.2) is 0 Å². The molecule has 0 spiro atoms. The smallest absolute Gasteiger partial charge is 0.416 e. The third-order valence-corrected chi connectivity index (χ3v) is 7.29. The normalized spacial score (nSPS) is 19.9. The molecule has 1 saturated heterocycles. The summed E-state index contributed by atoms with van der Waals surface area (Å²) < 4.78 is 46.9. The Kier molecular flexibility index (Phi) is 6.18. The Morgan fingerprint density at radius 3 is 2.58 bits per heavy atom. The number of methoxy groups -OCH3 is 1. The average molecular weight is 519 g/mol. The lowest BCUT2D eigenvalue weighted by atomic mass is 9.96. The summed E-state index contributed by atoms with van der Waals surface area (Å²) >= 11 is 1.08. The Labute approximate surface area is 207 Å². The number of benzene rings is 2. The van der Waals surface area contributed by atoms with Crippen molar-refractivity contribution in [1.29, 1.82) is 0 Å². The third kappa shape index (κ3) is 4.54. The van der Waals surface area contributed by atoms with E-state index in [0.717, 1.165) is 17.4 Å². The molecule has 0 unspecified atom stereocenters. The third-order valence-electron chi connectivity index (χ3n) is 6.13. The molecule has 5 rings (SSSR count). The number of β-amino-alcohol motifs (C(OH)–C–C–N with tert-alkyl or cyclic N) is 2. The maximum atomic E-state index is 14.0. The first-order valence-electron chi connectivity index (χ1n) is 10.9. The molecule has 3 aromatic rings. The number of rotatable bonds is 5. The molecule has 3 heterocycles. The number of fused-ring (bicyclic) bond motifs is 1. The Morgan fingerprint density at radius 2 is 1.89 bits per heavy atom. The second-order valence-corrected chi connectivity index (χ2v) is 9.46. The molecule has 2 aliphatic heterocycles. The minimum Gasteiger partial charge on any atom is -0.497 e. The van der Waals surface area contributed by atoms with Crippen molar-refractivity contribution in [3.63, 3.8) is 0 Å². The molecule has 2 aromatic carbocycles. The van der Waals surface area contributed by atoms with Crippen molar-refractivity contribution in [2.24, 2.45) is 10.2 Å². The van der Waals surface area contributed by atoms with Crippen LogP contribution in [0.4, 0.5) is 18.3 Å². The summed E-state index contributed by atoms with van der Waals surface area (Å²) in [5.74, 6) is -0.265. The Hall–Kier alpha value is -3.48. The molecule has 0 aliphatic carbocycles. The van der Waals surface area contributed by atoms with Crippen molar-refractivity contribution >= 4 is 28.3 Å². The number of halogens is 3. The Bertz CT molecular complexity index is 1460. The number of thiazole rings is 1. The molecule has 1 fully saturated rings. The lowest BCUT2D eigenvalue weighted by Gasteiger charge is -2.16. The van der Waals surface area contributed by atoms with E-state index in [0.29, 0.717) is 26.8 Å². The van der Waals surface area contributed by atoms with E-state index in [1.807, 2.05) is 0 Å². The quantitative estimate of drug-likeness (QED) is 0.476. The number of aliphatic hydroxyl groups excluding tert-OH is 2. The summed E-state index contributed by atoms with van der Waals surface area (Å²) in [6.45, 7) is 0.243. The largest absolute Gasteiger partial charge is 0.497 e. The molecule has 12 heteroatoms. The summed E-state index contributed by atoms with van der Waals surface area (Å²) in [6.07, 6.45) is -5.16. The van der Waals surface area contributed by atoms with Crippen LogP contribution in [0.5, 0.6) is 11.6 Å². The second kappa shape index (κ2) is 9.19. The Morgan fingerprint density at radius 1 is 1.14 bits per heavy atom. The fourth-order valence-corrected chi connectivity index (χ4v) is 5.30. The van der Waals surface area contributed by atoms with Gasteiger partial charge in [0.15, 0.2) is 5.13 Å². The number of nitrogens with zero attached hydrogens (tertiary/aromatic N) is 4. The van der Waals surface area contributed by atoms with Gasteiger partial charge in [0.1, 0.15) is 5.75 Å². The number of aromatic hydroxyl groups is 1. The zero-order valence-electron chi connectivity index (χ0n) is 18.9. The molecule has 0 amide bonds. The minimum atomic E-state index is -4.62. The van der Waals surface area contributed by atoms with Crippen molar-refractivity contribution in [2.45, 2.75) is 24.8 Å². The molecular formula is C24H21F3N4O4S. The molecule has 2 aliphatic rings. The lowest BCUT2D eigenvalue weighted by molar-refractivity contribution is -0.138. The fraction of sp³-hybridized carbons (Fsp3) is 0.292. The zero-order chi connectivity index (χ0) is 25.6. The van der Waals surface area contributed by atoms with Gasteiger partial charge in [0, 0.05) is 25.1 Å². The number of anilines is 1. The maximum absolute atomic E-state index is 14.0. The van der Waals surface area contributed by atoms with E-state index in [2.05, 4.69) is 15.2 Å². The van der Waals surface area contributed by atoms with Crippen molar-refractivity contribution < 1.29 is 33.2 Å². The minimum absolute atomic E-state index is 0.00137. The topological polar surface area (TPSA) is 111 Å². The van der Waals surface area contributed by atoms with E-state index in [1.165, 1.54) is 19.2 Å². The van der Waals surface area contributed by atoms with Gasteiger partial charge >= 0.3 is 6.18 Å². The summed E-state index contributed by atoms with van der Waals surface area (Å²) in [6, 6.07) is 8.95. The number of aromatic nitrogens is 1. The van der Waals surface area contributed by atoms with Gasteiger partial charge in [0.05, 0.1) is 41.3 Å². The van der Waals surface area contributed by atoms with E-state index in [9.17, 15) is 28.5 Å². The molecule has 0 radical (unpaired) electrons. The number of hydrogen-bond donors (Lipinski definition) is 3. The van der Waals surface area contributed by atoms with E-state index in [1.54, 1.807) is 29.3 Å². The van der Waals surface area contributed by atoms with Crippen molar-refractivity contribution in [3.8, 4) is 11.6 Å². The first-order chi connectivity index (χ1) is 17.1. The van der Waals surface area contributed by atoms with Gasteiger partial charge in [-0.2, -0.15) is 28.4 Å². The number of alkyl halides is 3. The highest BCUT2D eigenvalue weighted by atomic mass is 32.1. The summed E-state index contributed by atoms with van der Waals surface area (Å²) in [7, 11) is 1.30. The summed E-state index contributed by atoms with van der Waals surface area (Å²) in [5, 5.41) is 40.0. The molecule has 3 N–H and O–H groups in total. The van der Waals surface area contributed by atoms with Crippen molar-refractivity contribution in [2.75, 3.05) is 25.1 Å². The van der Waals surface area contributed by atoms with Crippen LogP contribution in [0, 0.1) is 0 Å². The molecule has 1 aromatic heterocycles. The van der Waals surface area contributed by atoms with Gasteiger partial charge in [-0.05, 0) is 40.6 Å². The van der Waals surface area contributed by atoms with Gasteiger partial charge in [0.25, 0.3) is 0 Å². The standard InChI is InChI=1S/C24H21F3N4O4S/c1-35-15-4-2-13(17(8-15)24(25,26)27)7-16(12-3-5-18-14(6-12)9-28-30-18)21-22(34)29-23(36-21)31-10-19(32)20(33)11-31/h2-6,8-9,19-20,32-34H,7,10-11H2,1H3/t19-,20-/m1/s1. The molecule has 2 atom stereocenters. The molecule has 0 bridgehead atoms. The van der Waals surface area contributed by atoms with Crippen LogP contribution in [0.1, 0.15) is 21.6 Å². The fourth-order valence-electron chi connectivity index (χ4n) is 4.25. The van der Waals surface area contributed by atoms with E-state index >= 15 is 0 Å². The van der Waals surface area contributed by atoms with Gasteiger partial charge in [-0.15, -0.1) is 0 Å². The summed E-state index contributed by atoms with van der Waals surface area (Å²) in [4.78, 5) is 6.11. The van der Waals surface area contributed by atoms with Gasteiger partial charge < -0.3 is 25.0 Å². The van der Waals surface area contributed by atoms with E-state index in [-0.39, 0.29) is 41.6 Å². The maximum Gasteiger partial charge on any atom is 0.416 e. The number of hydrogen-bond acceptors (Lipinski definition) is 9. The van der Waals surface area contributed by atoms with Crippen molar-refractivity contribution in [1.82, 2.24) is 4.98 Å². The van der Waals surface area contributed by atoms with Crippen LogP contribution >= 0.6 is 11.3 Å². The predicted molar refractivity (Wildman–Crippen MR) is 127 cm³/mol. The van der Waals surface area contributed by atoms with Crippen molar-refractivity contribution in [3.05, 3.63) is 68.5 Å². The number of aliphatic hydroxyl groups is 2. The predicted octanol–water partition coefficient (Wildman–Crippen LogP) is 1.83. The van der Waals surface area contributed by atoms with Crippen LogP contribution in [0.15, 0.2) is 46.6 Å². The first kappa shape index (κ1) is 24.2. The molecule has 8 nitrogen and oxygen atoms in total. The van der Waals surface area contributed by atoms with E-state index in [4.69, 9.17) is 4.74 Å². The van der Waals surface area contributed by atoms with Crippen LogP contribution in [-0.2, 0) is 12.6 Å². The second-order valence-electron chi connectivity index (χ2n) is 8.48. The van der Waals surface area contributed by atoms with Crippen LogP contribution in [-0.4, -0.2) is 58.9 Å². The highest BCUT2D eigenvalue weighted by Gasteiger charge is 2.35. The zero-order valence-corrected chi connectivity index (χ0v) is 19.7. The van der Waals surface area contributed by atoms with E-state index < -0.39 is 23.9 Å². The average Bonchev–Trinajstić information content (AvgIpc) is 3.55. The first-order valence-corrected chi connectivity index (χ1v) is 11.8. The lowest BCUT2D eigenvalue weighted by Crippen LogP contribution is -2.22. The van der Waals surface area contributed by atoms with Gasteiger partial charge in [-0.1, -0.05) is 23.5 Å². The van der Waals surface area contributed by atoms with Gasteiger partial charge in [0.2, 0.25) is 5.88 Å². The van der Waals surface area contributed by atoms with Crippen LogP contribution in [0.2, 0.25) is 0 Å². The SMILES string of the molecule is COc1ccc(CC(c2sc(N3C[C@@H](O)[C@H](O)C3)nc2O)=c2ccc3c(c2)C=NN=3)c(C(F)(F)F)c1. The molecule has 36 heavy (non-hydrogen) atoms. The number of ether oxygens (including phenoxy) is 1. The monoisotopic (exact) mass is 518 g/mol.